The molecule has 0 bridgehead atoms. The standard InChI is InChI=1S/C10H6ClF4N3O4/c11-8-6(10(21-14,22-15)9(19-12)20-13)2-1-3-7(8)18-5-16-4-17-18/h1-5,9H. The molecule has 1 aromatic carbocycles. The van der Waals surface area contributed by atoms with Crippen LogP contribution in [0.4, 0.5) is 18.1 Å². The van der Waals surface area contributed by atoms with Gasteiger partial charge in [0.05, 0.1) is 10.7 Å². The van der Waals surface area contributed by atoms with Gasteiger partial charge in [-0.3, -0.25) is 0 Å². The van der Waals surface area contributed by atoms with Gasteiger partial charge in [-0.25, -0.2) is 9.67 Å². The molecule has 7 nitrogen and oxygen atoms in total. The van der Waals surface area contributed by atoms with Crippen LogP contribution in [0.15, 0.2) is 30.9 Å². The van der Waals surface area contributed by atoms with Gasteiger partial charge < -0.3 is 0 Å². The van der Waals surface area contributed by atoms with Crippen LogP contribution in [0.3, 0.4) is 0 Å². The number of aromatic nitrogens is 3. The third-order valence-electron chi connectivity index (χ3n) is 2.72. The van der Waals surface area contributed by atoms with E-state index in [4.69, 9.17) is 11.6 Å². The summed E-state index contributed by atoms with van der Waals surface area (Å²) in [5.41, 5.74) is -0.612. The van der Waals surface area contributed by atoms with Crippen LogP contribution in [0.2, 0.25) is 5.02 Å². The van der Waals surface area contributed by atoms with Crippen molar-refractivity contribution < 1.29 is 37.9 Å². The molecule has 12 heteroatoms. The third-order valence-corrected chi connectivity index (χ3v) is 3.12. The molecule has 0 amide bonds. The Bertz CT molecular complexity index is 610. The highest BCUT2D eigenvalue weighted by Gasteiger charge is 2.53. The number of halogens is 5. The molecular formula is C10H6ClF4N3O4. The molecule has 1 aromatic heterocycles. The monoisotopic (exact) mass is 343 g/mol. The van der Waals surface area contributed by atoms with Gasteiger partial charge >= 0.3 is 5.79 Å². The van der Waals surface area contributed by atoms with E-state index in [-0.39, 0.29) is 5.69 Å². The summed E-state index contributed by atoms with van der Waals surface area (Å²) < 4.78 is 51.3. The van der Waals surface area contributed by atoms with Crippen LogP contribution < -0.4 is 0 Å². The molecule has 1 heterocycles. The molecule has 2 aromatic rings. The van der Waals surface area contributed by atoms with E-state index in [2.05, 4.69) is 29.8 Å². The van der Waals surface area contributed by atoms with Crippen molar-refractivity contribution >= 4 is 11.6 Å². The molecule has 0 aliphatic heterocycles. The Morgan fingerprint density at radius 2 is 1.82 bits per heavy atom. The van der Waals surface area contributed by atoms with E-state index in [1.54, 1.807) is 0 Å². The Labute approximate surface area is 124 Å². The molecule has 120 valence electrons. The number of hydrogen-bond donors (Lipinski definition) is 0. The first kappa shape index (κ1) is 16.6. The first-order chi connectivity index (χ1) is 10.6. The normalized spacial score (nSPS) is 12.1. The SMILES string of the molecule is FOC(OF)C(OF)(OF)c1cccc(-n2cncn2)c1Cl. The third kappa shape index (κ3) is 2.64. The Balaban J connectivity index is 2.61. The molecule has 0 fully saturated rings. The molecule has 0 atom stereocenters. The van der Waals surface area contributed by atoms with Crippen molar-refractivity contribution in [1.29, 1.82) is 0 Å². The molecule has 0 spiro atoms. The zero-order valence-electron chi connectivity index (χ0n) is 10.3. The van der Waals surface area contributed by atoms with Crippen LogP contribution in [0.1, 0.15) is 5.56 Å². The molecule has 0 aliphatic rings. The lowest BCUT2D eigenvalue weighted by molar-refractivity contribution is -0.520. The Morgan fingerprint density at radius 1 is 1.14 bits per heavy atom. The molecule has 22 heavy (non-hydrogen) atoms. The van der Waals surface area contributed by atoms with Gasteiger partial charge in [0.25, 0.3) is 6.29 Å². The minimum atomic E-state index is -3.41. The van der Waals surface area contributed by atoms with Crippen molar-refractivity contribution in [3.8, 4) is 5.69 Å². The molecular weight excluding hydrogens is 338 g/mol. The van der Waals surface area contributed by atoms with E-state index in [0.717, 1.165) is 17.1 Å². The van der Waals surface area contributed by atoms with Crippen LogP contribution in [-0.2, 0) is 25.6 Å². The van der Waals surface area contributed by atoms with E-state index < -0.39 is 22.7 Å². The maximum Gasteiger partial charge on any atom is 0.327 e. The average Bonchev–Trinajstić information content (AvgIpc) is 3.07. The fourth-order valence-electron chi connectivity index (χ4n) is 1.72. The zero-order valence-corrected chi connectivity index (χ0v) is 11.1. The predicted molar refractivity (Wildman–Crippen MR) is 60.6 cm³/mol. The van der Waals surface area contributed by atoms with E-state index >= 15 is 0 Å². The van der Waals surface area contributed by atoms with Crippen LogP contribution in [-0.4, -0.2) is 21.1 Å². The molecule has 0 unspecified atom stereocenters. The van der Waals surface area contributed by atoms with Crippen LogP contribution in [0, 0.1) is 0 Å². The summed E-state index contributed by atoms with van der Waals surface area (Å²) in [4.78, 5) is 16.0. The fraction of sp³-hybridized carbons (Fsp3) is 0.200. The quantitative estimate of drug-likeness (QED) is 0.568. The summed E-state index contributed by atoms with van der Waals surface area (Å²) in [5.74, 6) is -3.41. The molecule has 0 N–H and O–H groups in total. The second kappa shape index (κ2) is 6.98. The first-order valence-electron chi connectivity index (χ1n) is 5.42. The van der Waals surface area contributed by atoms with Crippen LogP contribution in [0.5, 0.6) is 0 Å². The Hall–Kier alpha value is -1.79. The van der Waals surface area contributed by atoms with Crippen molar-refractivity contribution in [2.75, 3.05) is 0 Å². The van der Waals surface area contributed by atoms with Crippen molar-refractivity contribution in [2.24, 2.45) is 0 Å². The molecule has 0 saturated heterocycles. The largest absolute Gasteiger partial charge is 0.327 e. The van der Waals surface area contributed by atoms with E-state index in [0.29, 0.717) is 0 Å². The highest BCUT2D eigenvalue weighted by atomic mass is 35.5. The van der Waals surface area contributed by atoms with Gasteiger partial charge in [-0.05, 0) is 24.2 Å². The van der Waals surface area contributed by atoms with Gasteiger partial charge in [-0.2, -0.15) is 15.0 Å². The number of hydrogen-bond acceptors (Lipinski definition) is 6. The number of rotatable bonds is 7. The molecule has 0 saturated carbocycles. The predicted octanol–water partition coefficient (Wildman–Crippen LogP) is 3.00. The lowest BCUT2D eigenvalue weighted by Crippen LogP contribution is -2.43. The lowest BCUT2D eigenvalue weighted by Gasteiger charge is -2.28. The minimum Gasteiger partial charge on any atom is -0.223 e. The van der Waals surface area contributed by atoms with Crippen molar-refractivity contribution in [3.05, 3.63) is 41.4 Å². The van der Waals surface area contributed by atoms with Gasteiger partial charge in [-0.15, -0.1) is 9.88 Å². The van der Waals surface area contributed by atoms with E-state index in [9.17, 15) is 18.1 Å². The van der Waals surface area contributed by atoms with Crippen LogP contribution >= 0.6 is 11.6 Å². The van der Waals surface area contributed by atoms with Gasteiger partial charge in [0.1, 0.15) is 12.7 Å². The van der Waals surface area contributed by atoms with Crippen molar-refractivity contribution in [2.45, 2.75) is 12.1 Å². The lowest BCUT2D eigenvalue weighted by atomic mass is 10.0. The van der Waals surface area contributed by atoms with Gasteiger partial charge in [0.2, 0.25) is 0 Å². The van der Waals surface area contributed by atoms with Crippen molar-refractivity contribution in [3.63, 3.8) is 0 Å². The molecule has 2 rings (SSSR count). The summed E-state index contributed by atoms with van der Waals surface area (Å²) in [7, 11) is 0. The maximum absolute atomic E-state index is 12.8. The smallest absolute Gasteiger partial charge is 0.223 e. The maximum atomic E-state index is 12.8. The second-order valence-electron chi connectivity index (χ2n) is 3.81. The highest BCUT2D eigenvalue weighted by Crippen LogP contribution is 2.40. The molecule has 0 aliphatic carbocycles. The average molecular weight is 344 g/mol. The summed E-state index contributed by atoms with van der Waals surface area (Å²) in [6.07, 6.45) is -0.522. The van der Waals surface area contributed by atoms with Gasteiger partial charge in [-0.1, -0.05) is 23.7 Å². The molecule has 0 radical (unpaired) electrons. The topological polar surface area (TPSA) is 67.6 Å². The highest BCUT2D eigenvalue weighted by molar-refractivity contribution is 6.33. The zero-order chi connectivity index (χ0) is 16.2. The summed E-state index contributed by atoms with van der Waals surface area (Å²) in [6.45, 7) is 0. The number of benzene rings is 1. The second-order valence-corrected chi connectivity index (χ2v) is 4.19. The van der Waals surface area contributed by atoms with Crippen molar-refractivity contribution in [1.82, 2.24) is 14.8 Å². The van der Waals surface area contributed by atoms with E-state index in [1.807, 2.05) is 0 Å². The minimum absolute atomic E-state index is 0.0617. The van der Waals surface area contributed by atoms with Gasteiger partial charge in [0, 0.05) is 5.56 Å². The fourth-order valence-corrected chi connectivity index (χ4v) is 2.07. The summed E-state index contributed by atoms with van der Waals surface area (Å²) >= 11 is 5.96. The van der Waals surface area contributed by atoms with Crippen LogP contribution in [0.25, 0.3) is 5.69 Å². The Morgan fingerprint density at radius 3 is 2.32 bits per heavy atom. The summed E-state index contributed by atoms with van der Waals surface area (Å²) in [6, 6.07) is 3.58. The first-order valence-corrected chi connectivity index (χ1v) is 5.80. The van der Waals surface area contributed by atoms with Gasteiger partial charge in [0.15, 0.2) is 0 Å². The Kier molecular flexibility index (Phi) is 5.26. The summed E-state index contributed by atoms with van der Waals surface area (Å²) in [5, 5.41) is 3.33. The number of nitrogens with zero attached hydrogens (tertiary/aromatic N) is 3. The van der Waals surface area contributed by atoms with E-state index in [1.165, 1.54) is 18.5 Å².